The molecule has 0 radical (unpaired) electrons. The first-order valence-electron chi connectivity index (χ1n) is 6.80. The average molecular weight is 312 g/mol. The fraction of sp³-hybridized carbons (Fsp3) is 0.0556. The van der Waals surface area contributed by atoms with Crippen LogP contribution in [0.4, 0.5) is 0 Å². The Labute approximate surface area is 133 Å². The molecule has 22 heavy (non-hydrogen) atoms. The molecule has 0 fully saturated rings. The Morgan fingerprint density at radius 1 is 1.18 bits per heavy atom. The number of aromatic amines is 1. The molecule has 3 nitrogen and oxygen atoms in total. The molecule has 0 bridgehead atoms. The molecule has 1 aromatic heterocycles. The molecular formula is C18H14ClNO2. The minimum atomic E-state index is -0.0612. The number of nitrogens with one attached hydrogen (secondary N) is 1. The lowest BCUT2D eigenvalue weighted by Crippen LogP contribution is -1.92. The van der Waals surface area contributed by atoms with Crippen LogP contribution in [0.15, 0.2) is 54.7 Å². The maximum Gasteiger partial charge on any atom is 0.185 e. The van der Waals surface area contributed by atoms with Gasteiger partial charge in [0.25, 0.3) is 0 Å². The van der Waals surface area contributed by atoms with Gasteiger partial charge in [-0.15, -0.1) is 0 Å². The van der Waals surface area contributed by atoms with Gasteiger partial charge in [-0.25, -0.2) is 0 Å². The largest absolute Gasteiger partial charge is 0.497 e. The first kappa shape index (κ1) is 14.4. The smallest absolute Gasteiger partial charge is 0.185 e. The molecule has 0 aliphatic carbocycles. The lowest BCUT2D eigenvalue weighted by Gasteiger charge is -1.99. The number of rotatable bonds is 4. The molecule has 1 heterocycles. The molecular weight excluding hydrogens is 298 g/mol. The van der Waals surface area contributed by atoms with Crippen molar-refractivity contribution < 1.29 is 9.53 Å². The van der Waals surface area contributed by atoms with Gasteiger partial charge in [0, 0.05) is 33.2 Å². The summed E-state index contributed by atoms with van der Waals surface area (Å²) in [5, 5.41) is 1.63. The molecule has 3 aromatic rings. The fourth-order valence-corrected chi connectivity index (χ4v) is 2.39. The minimum absolute atomic E-state index is 0.0612. The van der Waals surface area contributed by atoms with Crippen LogP contribution in [0.5, 0.6) is 5.75 Å². The summed E-state index contributed by atoms with van der Waals surface area (Å²) in [6.45, 7) is 0. The van der Waals surface area contributed by atoms with Crippen LogP contribution in [0.2, 0.25) is 5.02 Å². The van der Waals surface area contributed by atoms with E-state index in [0.29, 0.717) is 10.6 Å². The molecule has 4 heteroatoms. The number of H-pyrrole nitrogens is 1. The number of carbonyl (C=O) groups is 1. The topological polar surface area (TPSA) is 42.1 Å². The molecule has 0 atom stereocenters. The second-order valence-corrected chi connectivity index (χ2v) is 5.30. The number of benzene rings is 2. The lowest BCUT2D eigenvalue weighted by molar-refractivity contribution is 0.104. The summed E-state index contributed by atoms with van der Waals surface area (Å²) in [7, 11) is 1.63. The first-order valence-corrected chi connectivity index (χ1v) is 7.18. The molecule has 0 aliphatic heterocycles. The summed E-state index contributed by atoms with van der Waals surface area (Å²) in [5.74, 6) is 0.722. The van der Waals surface area contributed by atoms with E-state index in [9.17, 15) is 4.79 Å². The molecule has 0 unspecified atom stereocenters. The van der Waals surface area contributed by atoms with E-state index in [1.807, 2.05) is 24.4 Å². The van der Waals surface area contributed by atoms with Gasteiger partial charge in [-0.1, -0.05) is 11.6 Å². The Balaban J connectivity index is 1.88. The van der Waals surface area contributed by atoms with Gasteiger partial charge in [0.1, 0.15) is 5.75 Å². The number of aromatic nitrogens is 1. The van der Waals surface area contributed by atoms with Crippen molar-refractivity contribution in [1.29, 1.82) is 0 Å². The highest BCUT2D eigenvalue weighted by molar-refractivity contribution is 6.30. The van der Waals surface area contributed by atoms with Gasteiger partial charge < -0.3 is 9.72 Å². The fourth-order valence-electron chi connectivity index (χ4n) is 2.26. The Morgan fingerprint density at radius 3 is 2.68 bits per heavy atom. The summed E-state index contributed by atoms with van der Waals surface area (Å²) < 4.78 is 5.24. The van der Waals surface area contributed by atoms with E-state index in [2.05, 4.69) is 4.98 Å². The van der Waals surface area contributed by atoms with Crippen LogP contribution in [0.1, 0.15) is 15.9 Å². The minimum Gasteiger partial charge on any atom is -0.497 e. The van der Waals surface area contributed by atoms with E-state index in [0.717, 1.165) is 22.2 Å². The average Bonchev–Trinajstić information content (AvgIpc) is 2.95. The third-order valence-corrected chi connectivity index (χ3v) is 3.72. The van der Waals surface area contributed by atoms with Crippen LogP contribution in [0.25, 0.3) is 17.0 Å². The Hall–Kier alpha value is -2.52. The van der Waals surface area contributed by atoms with Gasteiger partial charge >= 0.3 is 0 Å². The number of ketones is 1. The third-order valence-electron chi connectivity index (χ3n) is 3.46. The highest BCUT2D eigenvalue weighted by Gasteiger charge is 2.05. The Morgan fingerprint density at radius 2 is 1.95 bits per heavy atom. The summed E-state index contributed by atoms with van der Waals surface area (Å²) in [5.41, 5.74) is 2.55. The van der Waals surface area contributed by atoms with Crippen molar-refractivity contribution >= 4 is 34.4 Å². The first-order chi connectivity index (χ1) is 10.7. The highest BCUT2D eigenvalue weighted by atomic mass is 35.5. The van der Waals surface area contributed by atoms with Crippen LogP contribution in [0, 0.1) is 0 Å². The predicted octanol–water partition coefficient (Wildman–Crippen LogP) is 4.73. The van der Waals surface area contributed by atoms with Gasteiger partial charge in [0.2, 0.25) is 0 Å². The Bertz CT molecular complexity index is 847. The van der Waals surface area contributed by atoms with Gasteiger partial charge in [-0.2, -0.15) is 0 Å². The van der Waals surface area contributed by atoms with Crippen LogP contribution in [-0.4, -0.2) is 17.9 Å². The molecule has 0 spiro atoms. The normalized spacial score (nSPS) is 11.2. The van der Waals surface area contributed by atoms with Crippen molar-refractivity contribution in [3.8, 4) is 5.75 Å². The summed E-state index contributed by atoms with van der Waals surface area (Å²) >= 11 is 5.82. The molecule has 2 aromatic carbocycles. The molecule has 1 N–H and O–H groups in total. The van der Waals surface area contributed by atoms with Gasteiger partial charge in [0.15, 0.2) is 5.78 Å². The summed E-state index contributed by atoms with van der Waals surface area (Å²) in [6, 6.07) is 12.6. The monoisotopic (exact) mass is 311 g/mol. The number of halogens is 1. The van der Waals surface area contributed by atoms with Gasteiger partial charge in [-0.3, -0.25) is 4.79 Å². The zero-order valence-electron chi connectivity index (χ0n) is 12.0. The van der Waals surface area contributed by atoms with Crippen molar-refractivity contribution in [3.63, 3.8) is 0 Å². The predicted molar refractivity (Wildman–Crippen MR) is 89.7 cm³/mol. The molecule has 0 saturated carbocycles. The van der Waals surface area contributed by atoms with Crippen molar-refractivity contribution in [3.05, 3.63) is 70.9 Å². The highest BCUT2D eigenvalue weighted by Crippen LogP contribution is 2.24. The molecule has 0 aliphatic rings. The van der Waals surface area contributed by atoms with E-state index in [1.165, 1.54) is 0 Å². The Kier molecular flexibility index (Phi) is 3.98. The van der Waals surface area contributed by atoms with E-state index in [-0.39, 0.29) is 5.78 Å². The van der Waals surface area contributed by atoms with Crippen molar-refractivity contribution in [1.82, 2.24) is 4.98 Å². The van der Waals surface area contributed by atoms with Crippen molar-refractivity contribution in [2.45, 2.75) is 0 Å². The zero-order chi connectivity index (χ0) is 15.5. The molecule has 110 valence electrons. The van der Waals surface area contributed by atoms with Crippen LogP contribution >= 0.6 is 11.6 Å². The van der Waals surface area contributed by atoms with Gasteiger partial charge in [-0.05, 0) is 54.6 Å². The number of ether oxygens (including phenoxy) is 1. The maximum atomic E-state index is 12.1. The quantitative estimate of drug-likeness (QED) is 0.559. The van der Waals surface area contributed by atoms with Crippen LogP contribution in [-0.2, 0) is 0 Å². The zero-order valence-corrected chi connectivity index (χ0v) is 12.7. The van der Waals surface area contributed by atoms with Crippen molar-refractivity contribution in [2.75, 3.05) is 7.11 Å². The number of hydrogen-bond acceptors (Lipinski definition) is 2. The lowest BCUT2D eigenvalue weighted by atomic mass is 10.1. The summed E-state index contributed by atoms with van der Waals surface area (Å²) in [4.78, 5) is 15.3. The van der Waals surface area contributed by atoms with E-state index in [4.69, 9.17) is 16.3 Å². The second-order valence-electron chi connectivity index (χ2n) is 4.86. The molecule has 3 rings (SSSR count). The molecule has 0 amide bonds. The number of allylic oxidation sites excluding steroid dienone is 1. The van der Waals surface area contributed by atoms with Gasteiger partial charge in [0.05, 0.1) is 7.11 Å². The van der Waals surface area contributed by atoms with Crippen LogP contribution < -0.4 is 4.74 Å². The number of methoxy groups -OCH3 is 1. The second kappa shape index (κ2) is 6.08. The molecule has 0 saturated heterocycles. The van der Waals surface area contributed by atoms with E-state index < -0.39 is 0 Å². The number of hydrogen-bond donors (Lipinski definition) is 1. The SMILES string of the molecule is COc1ccc2[nH]cc(/C=C/C(=O)c3ccc(Cl)cc3)c2c1. The number of fused-ring (bicyclic) bond motifs is 1. The third kappa shape index (κ3) is 2.90. The standard InChI is InChI=1S/C18H14ClNO2/c1-22-15-7-8-17-16(10-15)13(11-20-17)4-9-18(21)12-2-5-14(19)6-3-12/h2-11,20H,1H3/b9-4+. The summed E-state index contributed by atoms with van der Waals surface area (Å²) in [6.07, 6.45) is 5.23. The van der Waals surface area contributed by atoms with Crippen molar-refractivity contribution in [2.24, 2.45) is 0 Å². The number of carbonyl (C=O) groups excluding carboxylic acids is 1. The maximum absolute atomic E-state index is 12.1. The van der Waals surface area contributed by atoms with E-state index >= 15 is 0 Å². The van der Waals surface area contributed by atoms with Crippen LogP contribution in [0.3, 0.4) is 0 Å². The van der Waals surface area contributed by atoms with E-state index in [1.54, 1.807) is 43.5 Å².